The molecule has 1 amide bonds. The Bertz CT molecular complexity index is 493. The summed E-state index contributed by atoms with van der Waals surface area (Å²) in [5, 5.41) is 3.01. The van der Waals surface area contributed by atoms with Crippen LogP contribution < -0.4 is 10.2 Å². The summed E-state index contributed by atoms with van der Waals surface area (Å²) in [6.45, 7) is 5.80. The van der Waals surface area contributed by atoms with Crippen LogP contribution in [0, 0.1) is 11.7 Å². The van der Waals surface area contributed by atoms with Gasteiger partial charge in [-0.1, -0.05) is 0 Å². The third kappa shape index (κ3) is 4.19. The van der Waals surface area contributed by atoms with Crippen molar-refractivity contribution in [3.8, 4) is 0 Å². The van der Waals surface area contributed by atoms with E-state index in [-0.39, 0.29) is 11.7 Å². The number of hydrogen-bond acceptors (Lipinski definition) is 3. The van der Waals surface area contributed by atoms with Crippen LogP contribution in [0.2, 0.25) is 0 Å². The van der Waals surface area contributed by atoms with Gasteiger partial charge in [-0.05, 0) is 50.1 Å². The Morgan fingerprint density at radius 1 is 1.14 bits per heavy atom. The molecule has 22 heavy (non-hydrogen) atoms. The van der Waals surface area contributed by atoms with E-state index in [1.807, 2.05) is 12.1 Å². The van der Waals surface area contributed by atoms with E-state index in [1.54, 1.807) is 0 Å². The molecule has 2 aliphatic rings. The van der Waals surface area contributed by atoms with Gasteiger partial charge in [-0.2, -0.15) is 0 Å². The minimum atomic E-state index is -0.185. The molecular weight excluding hydrogens is 281 g/mol. The van der Waals surface area contributed by atoms with Gasteiger partial charge in [0.05, 0.1) is 0 Å². The number of benzene rings is 1. The Morgan fingerprint density at radius 3 is 2.45 bits per heavy atom. The highest BCUT2D eigenvalue weighted by molar-refractivity contribution is 5.80. The van der Waals surface area contributed by atoms with Crippen molar-refractivity contribution in [3.05, 3.63) is 30.1 Å². The van der Waals surface area contributed by atoms with Crippen molar-refractivity contribution < 1.29 is 9.18 Å². The fraction of sp³-hybridized carbons (Fsp3) is 0.588. The summed E-state index contributed by atoms with van der Waals surface area (Å²) in [6.07, 6.45) is 3.14. The van der Waals surface area contributed by atoms with Crippen LogP contribution in [-0.2, 0) is 4.79 Å². The fourth-order valence-electron chi connectivity index (χ4n) is 2.89. The third-order valence-electron chi connectivity index (χ3n) is 4.46. The zero-order chi connectivity index (χ0) is 15.4. The maximum absolute atomic E-state index is 12.9. The average Bonchev–Trinajstić information content (AvgIpc) is 3.38. The lowest BCUT2D eigenvalue weighted by Gasteiger charge is -2.36. The first-order valence-corrected chi connectivity index (χ1v) is 8.23. The molecule has 1 heterocycles. The second-order valence-corrected chi connectivity index (χ2v) is 6.22. The maximum atomic E-state index is 12.9. The van der Waals surface area contributed by atoms with Gasteiger partial charge in [0.1, 0.15) is 5.82 Å². The minimum absolute atomic E-state index is 0.185. The Labute approximate surface area is 131 Å². The van der Waals surface area contributed by atoms with Crippen LogP contribution in [0.15, 0.2) is 24.3 Å². The van der Waals surface area contributed by atoms with Gasteiger partial charge in [0.15, 0.2) is 0 Å². The van der Waals surface area contributed by atoms with Crippen LogP contribution >= 0.6 is 0 Å². The highest BCUT2D eigenvalue weighted by atomic mass is 19.1. The molecule has 5 heteroatoms. The summed E-state index contributed by atoms with van der Waals surface area (Å²) in [5.74, 6) is 0.357. The predicted octanol–water partition coefficient (Wildman–Crippen LogP) is 1.86. The lowest BCUT2D eigenvalue weighted by Crippen LogP contribution is -2.47. The molecule has 1 saturated heterocycles. The number of carbonyl (C=O) groups is 1. The van der Waals surface area contributed by atoms with E-state index in [2.05, 4.69) is 15.1 Å². The van der Waals surface area contributed by atoms with Gasteiger partial charge in [-0.25, -0.2) is 4.39 Å². The molecule has 1 N–H and O–H groups in total. The third-order valence-corrected chi connectivity index (χ3v) is 4.46. The van der Waals surface area contributed by atoms with E-state index < -0.39 is 0 Å². The SMILES string of the molecule is O=C(NCCCN1CCN(c2ccc(F)cc2)CC1)C1CC1. The number of nitrogens with zero attached hydrogens (tertiary/aromatic N) is 2. The Hall–Kier alpha value is -1.62. The van der Waals surface area contributed by atoms with Crippen molar-refractivity contribution in [3.63, 3.8) is 0 Å². The molecule has 1 aromatic rings. The monoisotopic (exact) mass is 305 g/mol. The Morgan fingerprint density at radius 2 is 1.82 bits per heavy atom. The van der Waals surface area contributed by atoms with Gasteiger partial charge >= 0.3 is 0 Å². The van der Waals surface area contributed by atoms with Crippen molar-refractivity contribution in [2.45, 2.75) is 19.3 Å². The van der Waals surface area contributed by atoms with Gasteiger partial charge in [0.2, 0.25) is 5.91 Å². The lowest BCUT2D eigenvalue weighted by atomic mass is 10.2. The smallest absolute Gasteiger partial charge is 0.223 e. The number of hydrogen-bond donors (Lipinski definition) is 1. The van der Waals surface area contributed by atoms with Crippen molar-refractivity contribution in [1.82, 2.24) is 10.2 Å². The van der Waals surface area contributed by atoms with Gasteiger partial charge in [0.25, 0.3) is 0 Å². The predicted molar refractivity (Wildman–Crippen MR) is 85.4 cm³/mol. The minimum Gasteiger partial charge on any atom is -0.369 e. The second-order valence-electron chi connectivity index (χ2n) is 6.22. The summed E-state index contributed by atoms with van der Waals surface area (Å²) >= 11 is 0. The van der Waals surface area contributed by atoms with Crippen LogP contribution in [0.1, 0.15) is 19.3 Å². The Kier molecular flexibility index (Phi) is 4.93. The normalized spacial score (nSPS) is 19.2. The zero-order valence-electron chi connectivity index (χ0n) is 12.9. The van der Waals surface area contributed by atoms with Gasteiger partial charge < -0.3 is 10.2 Å². The number of rotatable bonds is 6. The van der Waals surface area contributed by atoms with Crippen LogP contribution in [0.5, 0.6) is 0 Å². The summed E-state index contributed by atoms with van der Waals surface area (Å²) in [4.78, 5) is 16.3. The highest BCUT2D eigenvalue weighted by Crippen LogP contribution is 2.28. The number of anilines is 1. The number of carbonyl (C=O) groups excluding carboxylic acids is 1. The molecule has 3 rings (SSSR count). The first kappa shape index (κ1) is 15.3. The number of halogens is 1. The van der Waals surface area contributed by atoms with E-state index >= 15 is 0 Å². The maximum Gasteiger partial charge on any atom is 0.223 e. The van der Waals surface area contributed by atoms with Crippen molar-refractivity contribution in [2.75, 3.05) is 44.2 Å². The molecular formula is C17H24FN3O. The van der Waals surface area contributed by atoms with E-state index in [9.17, 15) is 9.18 Å². The van der Waals surface area contributed by atoms with Crippen LogP contribution in [0.4, 0.5) is 10.1 Å². The molecule has 2 fully saturated rings. The lowest BCUT2D eigenvalue weighted by molar-refractivity contribution is -0.122. The number of piperazine rings is 1. The second kappa shape index (κ2) is 7.09. The van der Waals surface area contributed by atoms with E-state index in [1.165, 1.54) is 12.1 Å². The molecule has 1 aliphatic carbocycles. The standard InChI is InChI=1S/C17H24FN3O/c18-15-4-6-16(7-5-15)21-12-10-20(11-13-21)9-1-8-19-17(22)14-2-3-14/h4-7,14H,1-3,8-13H2,(H,19,22). The summed E-state index contributed by atoms with van der Waals surface area (Å²) in [7, 11) is 0. The molecule has 1 aromatic carbocycles. The van der Waals surface area contributed by atoms with Crippen LogP contribution in [0.3, 0.4) is 0 Å². The molecule has 0 spiro atoms. The molecule has 0 atom stereocenters. The summed E-state index contributed by atoms with van der Waals surface area (Å²) in [5.41, 5.74) is 1.10. The van der Waals surface area contributed by atoms with Crippen molar-refractivity contribution in [1.29, 1.82) is 0 Å². The molecule has 120 valence electrons. The summed E-state index contributed by atoms with van der Waals surface area (Å²) in [6, 6.07) is 6.73. The molecule has 0 unspecified atom stereocenters. The summed E-state index contributed by atoms with van der Waals surface area (Å²) < 4.78 is 12.9. The Balaban J connectivity index is 1.33. The van der Waals surface area contributed by atoms with Crippen molar-refractivity contribution >= 4 is 11.6 Å². The highest BCUT2D eigenvalue weighted by Gasteiger charge is 2.29. The number of amides is 1. The first-order valence-electron chi connectivity index (χ1n) is 8.23. The zero-order valence-corrected chi connectivity index (χ0v) is 12.9. The number of nitrogens with one attached hydrogen (secondary N) is 1. The van der Waals surface area contributed by atoms with Gasteiger partial charge in [-0.15, -0.1) is 0 Å². The average molecular weight is 305 g/mol. The molecule has 4 nitrogen and oxygen atoms in total. The largest absolute Gasteiger partial charge is 0.369 e. The van der Waals surface area contributed by atoms with Gasteiger partial charge in [0, 0.05) is 44.3 Å². The molecule has 0 radical (unpaired) electrons. The van der Waals surface area contributed by atoms with Crippen LogP contribution in [-0.4, -0.2) is 50.1 Å². The van der Waals surface area contributed by atoms with E-state index in [0.717, 1.165) is 64.2 Å². The first-order chi connectivity index (χ1) is 10.7. The van der Waals surface area contributed by atoms with Crippen LogP contribution in [0.25, 0.3) is 0 Å². The molecule has 1 aliphatic heterocycles. The fourth-order valence-corrected chi connectivity index (χ4v) is 2.89. The molecule has 0 bridgehead atoms. The molecule has 1 saturated carbocycles. The van der Waals surface area contributed by atoms with E-state index in [4.69, 9.17) is 0 Å². The van der Waals surface area contributed by atoms with E-state index in [0.29, 0.717) is 5.92 Å². The quantitative estimate of drug-likeness (QED) is 0.815. The van der Waals surface area contributed by atoms with Gasteiger partial charge in [-0.3, -0.25) is 9.69 Å². The molecule has 0 aromatic heterocycles. The topological polar surface area (TPSA) is 35.6 Å². The van der Waals surface area contributed by atoms with Crippen molar-refractivity contribution in [2.24, 2.45) is 5.92 Å².